The normalized spacial score (nSPS) is 21.3. The van der Waals surface area contributed by atoms with Gasteiger partial charge in [-0.15, -0.1) is 0 Å². The summed E-state index contributed by atoms with van der Waals surface area (Å²) < 4.78 is 16.2. The fraction of sp³-hybridized carbons (Fsp3) is 0.267. The number of hydrogen-bond donors (Lipinski definition) is 1. The van der Waals surface area contributed by atoms with E-state index >= 15 is 0 Å². The molecule has 43 heavy (non-hydrogen) atoms. The van der Waals surface area contributed by atoms with Crippen molar-refractivity contribution >= 4 is 29.6 Å². The Kier molecular flexibility index (Phi) is 8.62. The molecule has 3 aromatic rings. The zero-order valence-electron chi connectivity index (χ0n) is 22.8. The van der Waals surface area contributed by atoms with Gasteiger partial charge >= 0.3 is 23.8 Å². The minimum Gasteiger partial charge on any atom is -0.456 e. The number of carbonyl (C=O) groups excluding carboxylic acids is 4. The average Bonchev–Trinajstić information content (AvgIpc) is 3.55. The predicted octanol–water partition coefficient (Wildman–Crippen LogP) is 3.21. The largest absolute Gasteiger partial charge is 0.456 e. The van der Waals surface area contributed by atoms with E-state index in [1.165, 1.54) is 24.3 Å². The number of hydrogen-bond acceptors (Lipinski definition) is 10. The molecule has 13 heteroatoms. The molecule has 0 radical (unpaired) electrons. The summed E-state index contributed by atoms with van der Waals surface area (Å²) in [5.74, 6) is -3.45. The van der Waals surface area contributed by atoms with E-state index in [2.05, 4.69) is 5.32 Å². The Bertz CT molecular complexity index is 1500. The lowest BCUT2D eigenvalue weighted by Gasteiger charge is -2.32. The maximum atomic E-state index is 13.6. The van der Waals surface area contributed by atoms with Crippen LogP contribution >= 0.6 is 0 Å². The van der Waals surface area contributed by atoms with Crippen LogP contribution in [-0.4, -0.2) is 52.3 Å². The summed E-state index contributed by atoms with van der Waals surface area (Å²) >= 11 is 0. The fourth-order valence-corrected chi connectivity index (χ4v) is 4.79. The molecular formula is C30H27N3O10. The number of nitrogens with zero attached hydrogens (tertiary/aromatic N) is 2. The quantitative estimate of drug-likeness (QED) is 0.161. The zero-order chi connectivity index (χ0) is 30.4. The summed E-state index contributed by atoms with van der Waals surface area (Å²) in [6, 6.07) is 22.1. The highest BCUT2D eigenvalue weighted by molar-refractivity contribution is 5.94. The molecule has 0 spiro atoms. The van der Waals surface area contributed by atoms with E-state index in [1.807, 2.05) is 36.4 Å². The van der Waals surface area contributed by atoms with Crippen LogP contribution in [-0.2, 0) is 53.1 Å². The van der Waals surface area contributed by atoms with Crippen LogP contribution in [0.3, 0.4) is 0 Å². The highest BCUT2D eigenvalue weighted by Crippen LogP contribution is 2.39. The average molecular weight is 590 g/mol. The van der Waals surface area contributed by atoms with Gasteiger partial charge in [0, 0.05) is 18.6 Å². The Balaban J connectivity index is 1.31. The number of amides is 2. The summed E-state index contributed by atoms with van der Waals surface area (Å²) in [7, 11) is 0. The summed E-state index contributed by atoms with van der Waals surface area (Å²) in [5, 5.41) is 14.0. The number of hydroxylamine groups is 2. The monoisotopic (exact) mass is 589 g/mol. The molecule has 3 aromatic carbocycles. The van der Waals surface area contributed by atoms with E-state index in [1.54, 1.807) is 24.3 Å². The molecule has 2 aliphatic heterocycles. The van der Waals surface area contributed by atoms with Gasteiger partial charge in [-0.3, -0.25) is 24.5 Å². The predicted molar refractivity (Wildman–Crippen MR) is 146 cm³/mol. The smallest absolute Gasteiger partial charge is 0.408 e. The SMILES string of the molecule is O=C(NC1CON(C2(C(=O)OCc3ccc([N+](=O)[O-])cc3)CC(Cc3ccccc3)C(=O)O2)C1=O)OCc1ccccc1. The van der Waals surface area contributed by atoms with E-state index in [9.17, 15) is 29.3 Å². The molecule has 0 saturated carbocycles. The second-order valence-electron chi connectivity index (χ2n) is 9.98. The topological polar surface area (TPSA) is 164 Å². The number of nitro groups is 1. The number of rotatable bonds is 10. The third kappa shape index (κ3) is 6.62. The second kappa shape index (κ2) is 12.7. The second-order valence-corrected chi connectivity index (χ2v) is 9.98. The first kappa shape index (κ1) is 29.2. The number of benzene rings is 3. The number of non-ortho nitro benzene ring substituents is 1. The molecule has 2 aliphatic rings. The van der Waals surface area contributed by atoms with E-state index in [4.69, 9.17) is 19.0 Å². The van der Waals surface area contributed by atoms with Gasteiger partial charge in [-0.2, -0.15) is 5.06 Å². The maximum Gasteiger partial charge on any atom is 0.408 e. The van der Waals surface area contributed by atoms with Gasteiger partial charge in [-0.25, -0.2) is 9.59 Å². The molecule has 3 unspecified atom stereocenters. The number of carbonyl (C=O) groups is 4. The number of nitrogens with one attached hydrogen (secondary N) is 1. The Morgan fingerprint density at radius 2 is 1.51 bits per heavy atom. The number of esters is 2. The molecule has 0 aromatic heterocycles. The van der Waals surface area contributed by atoms with Gasteiger partial charge in [-0.1, -0.05) is 60.7 Å². The van der Waals surface area contributed by atoms with Crippen LogP contribution in [0.15, 0.2) is 84.9 Å². The molecule has 2 fully saturated rings. The first-order chi connectivity index (χ1) is 20.7. The van der Waals surface area contributed by atoms with Gasteiger partial charge in [0.25, 0.3) is 11.6 Å². The lowest BCUT2D eigenvalue weighted by atomic mass is 9.93. The van der Waals surface area contributed by atoms with Crippen molar-refractivity contribution in [2.45, 2.75) is 37.8 Å². The molecular weight excluding hydrogens is 562 g/mol. The van der Waals surface area contributed by atoms with E-state index in [0.29, 0.717) is 10.6 Å². The van der Waals surface area contributed by atoms with Crippen molar-refractivity contribution in [2.24, 2.45) is 5.92 Å². The molecule has 13 nitrogen and oxygen atoms in total. The molecule has 0 bridgehead atoms. The van der Waals surface area contributed by atoms with Gasteiger partial charge in [0.1, 0.15) is 25.9 Å². The van der Waals surface area contributed by atoms with Crippen molar-refractivity contribution in [1.82, 2.24) is 10.4 Å². The zero-order valence-corrected chi connectivity index (χ0v) is 22.8. The van der Waals surface area contributed by atoms with Gasteiger partial charge in [0.15, 0.2) is 0 Å². The molecule has 1 N–H and O–H groups in total. The number of ether oxygens (including phenoxy) is 3. The van der Waals surface area contributed by atoms with Gasteiger partial charge in [0.2, 0.25) is 0 Å². The molecule has 5 rings (SSSR count). The standard InChI is InChI=1S/C30H27N3O10/c34-26-25(31-29(37)41-18-21-9-5-2-6-10-21)19-42-32(26)30(16-23(27(35)43-30)15-20-7-3-1-4-8-20)28(36)40-17-22-11-13-24(14-12-22)33(38)39/h1-14,23,25H,15-19H2,(H,31,37). The number of cyclic esters (lactones) is 1. The van der Waals surface area contributed by atoms with Crippen LogP contribution < -0.4 is 5.32 Å². The van der Waals surface area contributed by atoms with Gasteiger partial charge in [-0.05, 0) is 35.2 Å². The molecule has 3 atom stereocenters. The van der Waals surface area contributed by atoms with Crippen LogP contribution in [0.4, 0.5) is 10.5 Å². The summed E-state index contributed by atoms with van der Waals surface area (Å²) in [5.41, 5.74) is -0.427. The number of nitro benzene ring substituents is 1. The summed E-state index contributed by atoms with van der Waals surface area (Å²) in [6.07, 6.45) is -0.920. The van der Waals surface area contributed by atoms with Gasteiger partial charge < -0.3 is 19.5 Å². The van der Waals surface area contributed by atoms with E-state index in [0.717, 1.165) is 11.1 Å². The first-order valence-corrected chi connectivity index (χ1v) is 13.4. The Morgan fingerprint density at radius 3 is 2.16 bits per heavy atom. The minimum absolute atomic E-state index is 0.0319. The molecule has 222 valence electrons. The third-order valence-corrected chi connectivity index (χ3v) is 6.99. The Hall–Kier alpha value is -5.30. The molecule has 2 saturated heterocycles. The van der Waals surface area contributed by atoms with Crippen LogP contribution in [0, 0.1) is 16.0 Å². The lowest BCUT2D eigenvalue weighted by Crippen LogP contribution is -2.57. The van der Waals surface area contributed by atoms with E-state index < -0.39 is 46.5 Å². The first-order valence-electron chi connectivity index (χ1n) is 13.4. The van der Waals surface area contributed by atoms with Crippen molar-refractivity contribution in [3.63, 3.8) is 0 Å². The Morgan fingerprint density at radius 1 is 0.907 bits per heavy atom. The fourth-order valence-electron chi connectivity index (χ4n) is 4.79. The van der Waals surface area contributed by atoms with Crippen molar-refractivity contribution in [1.29, 1.82) is 0 Å². The highest BCUT2D eigenvalue weighted by Gasteiger charge is 2.62. The van der Waals surface area contributed by atoms with Crippen LogP contribution in [0.25, 0.3) is 0 Å². The molecule has 0 aliphatic carbocycles. The Labute approximate surface area is 245 Å². The van der Waals surface area contributed by atoms with Crippen molar-refractivity contribution < 1.29 is 43.1 Å². The van der Waals surface area contributed by atoms with E-state index in [-0.39, 0.29) is 38.3 Å². The van der Waals surface area contributed by atoms with Crippen molar-refractivity contribution in [3.05, 3.63) is 112 Å². The van der Waals surface area contributed by atoms with Crippen LogP contribution in [0.1, 0.15) is 23.1 Å². The van der Waals surface area contributed by atoms with Gasteiger partial charge in [0.05, 0.1) is 10.8 Å². The molecule has 2 heterocycles. The van der Waals surface area contributed by atoms with Crippen molar-refractivity contribution in [3.8, 4) is 0 Å². The summed E-state index contributed by atoms with van der Waals surface area (Å²) in [6.45, 7) is -0.706. The maximum absolute atomic E-state index is 13.6. The summed E-state index contributed by atoms with van der Waals surface area (Å²) in [4.78, 5) is 68.4. The molecule has 2 amide bonds. The lowest BCUT2D eigenvalue weighted by molar-refractivity contribution is -0.384. The third-order valence-electron chi connectivity index (χ3n) is 6.99. The highest BCUT2D eigenvalue weighted by atomic mass is 16.8. The van der Waals surface area contributed by atoms with Crippen molar-refractivity contribution in [2.75, 3.05) is 6.61 Å². The number of alkyl carbamates (subject to hydrolysis) is 1. The minimum atomic E-state index is -2.27. The van der Waals surface area contributed by atoms with Crippen LogP contribution in [0.5, 0.6) is 0 Å². The van der Waals surface area contributed by atoms with Crippen LogP contribution in [0.2, 0.25) is 0 Å².